The monoisotopic (exact) mass is 291 g/mol. The second kappa shape index (κ2) is 5.85. The van der Waals surface area contributed by atoms with Crippen molar-refractivity contribution in [3.05, 3.63) is 29.8 Å². The Bertz CT molecular complexity index is 508. The Kier molecular flexibility index (Phi) is 3.93. The van der Waals surface area contributed by atoms with Gasteiger partial charge in [-0.05, 0) is 37.1 Å². The van der Waals surface area contributed by atoms with Gasteiger partial charge in [0.25, 0.3) is 5.91 Å². The lowest BCUT2D eigenvalue weighted by Gasteiger charge is -2.11. The van der Waals surface area contributed by atoms with Gasteiger partial charge in [-0.3, -0.25) is 14.9 Å². The lowest BCUT2D eigenvalue weighted by molar-refractivity contribution is -0.117. The summed E-state index contributed by atoms with van der Waals surface area (Å²) >= 11 is 1.71. The maximum atomic E-state index is 11.9. The summed E-state index contributed by atoms with van der Waals surface area (Å²) in [7, 11) is 0. The maximum absolute atomic E-state index is 11.9. The summed E-state index contributed by atoms with van der Waals surface area (Å²) in [4.78, 5) is 23.7. The van der Waals surface area contributed by atoms with Crippen molar-refractivity contribution in [3.63, 3.8) is 0 Å². The van der Waals surface area contributed by atoms with Crippen molar-refractivity contribution >= 4 is 29.3 Å². The quantitative estimate of drug-likeness (QED) is 0.779. The van der Waals surface area contributed by atoms with Crippen LogP contribution in [-0.4, -0.2) is 35.5 Å². The average molecular weight is 291 g/mol. The van der Waals surface area contributed by atoms with Gasteiger partial charge >= 0.3 is 0 Å². The molecule has 2 amide bonds. The highest BCUT2D eigenvalue weighted by atomic mass is 32.2. The number of carbonyl (C=O) groups excluding carboxylic acids is 2. The van der Waals surface area contributed by atoms with E-state index in [4.69, 9.17) is 0 Å². The molecule has 1 aromatic rings. The molecule has 106 valence electrons. The minimum Gasteiger partial charge on any atom is -0.349 e. The van der Waals surface area contributed by atoms with Gasteiger partial charge in [-0.1, -0.05) is 0 Å². The van der Waals surface area contributed by atoms with Crippen molar-refractivity contribution in [1.82, 2.24) is 10.6 Å². The van der Waals surface area contributed by atoms with Gasteiger partial charge in [0.1, 0.15) is 0 Å². The average Bonchev–Trinajstić information content (AvgIpc) is 3.08. The van der Waals surface area contributed by atoms with Crippen molar-refractivity contribution in [2.24, 2.45) is 0 Å². The minimum absolute atomic E-state index is 0.0230. The van der Waals surface area contributed by atoms with Crippen molar-refractivity contribution in [2.45, 2.75) is 24.9 Å². The van der Waals surface area contributed by atoms with Gasteiger partial charge in [0, 0.05) is 28.9 Å². The fourth-order valence-electron chi connectivity index (χ4n) is 1.99. The Labute approximate surface area is 121 Å². The molecule has 1 saturated heterocycles. The number of rotatable bonds is 4. The number of thioether (sulfide) groups is 1. The van der Waals surface area contributed by atoms with Crippen LogP contribution < -0.4 is 16.0 Å². The minimum atomic E-state index is -0.127. The van der Waals surface area contributed by atoms with Crippen LogP contribution in [0.1, 0.15) is 23.2 Å². The first-order valence-electron chi connectivity index (χ1n) is 6.75. The molecular formula is C14H17N3O2S. The predicted molar refractivity (Wildman–Crippen MR) is 79.8 cm³/mol. The molecule has 2 fully saturated rings. The zero-order chi connectivity index (χ0) is 13.9. The summed E-state index contributed by atoms with van der Waals surface area (Å²) < 4.78 is 0. The number of hydrogen-bond acceptors (Lipinski definition) is 4. The van der Waals surface area contributed by atoms with Crippen LogP contribution >= 0.6 is 11.8 Å². The molecule has 1 atom stereocenters. The summed E-state index contributed by atoms with van der Waals surface area (Å²) in [6.45, 7) is 0. The molecule has 0 aromatic heterocycles. The Balaban J connectivity index is 1.57. The van der Waals surface area contributed by atoms with E-state index in [9.17, 15) is 9.59 Å². The van der Waals surface area contributed by atoms with E-state index in [0.717, 1.165) is 30.2 Å². The Morgan fingerprint density at radius 1 is 1.20 bits per heavy atom. The molecule has 1 aliphatic carbocycles. The number of carbonyl (C=O) groups is 2. The SMILES string of the molecule is O=C(NC1CC1)c1ccc(NC(=O)C2CSCN2)cc1. The number of benzene rings is 1. The molecule has 5 nitrogen and oxygen atoms in total. The summed E-state index contributed by atoms with van der Waals surface area (Å²) in [5.74, 6) is 1.55. The lowest BCUT2D eigenvalue weighted by atomic mass is 10.2. The number of hydrogen-bond donors (Lipinski definition) is 3. The summed E-state index contributed by atoms with van der Waals surface area (Å²) in [5.41, 5.74) is 1.35. The molecule has 2 aliphatic rings. The lowest BCUT2D eigenvalue weighted by Crippen LogP contribution is -2.37. The first kappa shape index (κ1) is 13.5. The first-order chi connectivity index (χ1) is 9.72. The van der Waals surface area contributed by atoms with E-state index in [2.05, 4.69) is 16.0 Å². The summed E-state index contributed by atoms with van der Waals surface area (Å²) in [5, 5.41) is 8.91. The first-order valence-corrected chi connectivity index (χ1v) is 7.91. The number of nitrogens with one attached hydrogen (secondary N) is 3. The van der Waals surface area contributed by atoms with Gasteiger partial charge < -0.3 is 10.6 Å². The highest BCUT2D eigenvalue weighted by molar-refractivity contribution is 7.99. The van der Waals surface area contributed by atoms with Gasteiger partial charge in [0.05, 0.1) is 6.04 Å². The van der Waals surface area contributed by atoms with E-state index in [1.807, 2.05) is 0 Å². The number of amides is 2. The van der Waals surface area contributed by atoms with E-state index >= 15 is 0 Å². The standard InChI is InChI=1S/C14H17N3O2S/c18-13(16-11-5-6-11)9-1-3-10(4-2-9)17-14(19)12-7-20-8-15-12/h1-4,11-12,15H,5-8H2,(H,16,18)(H,17,19). The van der Waals surface area contributed by atoms with Gasteiger partial charge in [0.2, 0.25) is 5.91 Å². The van der Waals surface area contributed by atoms with E-state index in [1.165, 1.54) is 0 Å². The fourth-order valence-corrected chi connectivity index (χ4v) is 2.94. The third-order valence-corrected chi connectivity index (χ3v) is 4.30. The normalized spacial score (nSPS) is 21.5. The maximum Gasteiger partial charge on any atom is 0.251 e. The van der Waals surface area contributed by atoms with Crippen LogP contribution in [0.3, 0.4) is 0 Å². The van der Waals surface area contributed by atoms with Crippen molar-refractivity contribution in [2.75, 3.05) is 16.9 Å². The topological polar surface area (TPSA) is 70.2 Å². The van der Waals surface area contributed by atoms with Crippen LogP contribution in [0.5, 0.6) is 0 Å². The van der Waals surface area contributed by atoms with E-state index in [-0.39, 0.29) is 17.9 Å². The van der Waals surface area contributed by atoms with E-state index in [0.29, 0.717) is 11.6 Å². The smallest absolute Gasteiger partial charge is 0.251 e. The molecule has 20 heavy (non-hydrogen) atoms. The van der Waals surface area contributed by atoms with Crippen LogP contribution in [0.15, 0.2) is 24.3 Å². The van der Waals surface area contributed by atoms with Crippen LogP contribution in [-0.2, 0) is 4.79 Å². The molecule has 1 heterocycles. The zero-order valence-corrected chi connectivity index (χ0v) is 11.8. The van der Waals surface area contributed by atoms with Crippen molar-refractivity contribution < 1.29 is 9.59 Å². The van der Waals surface area contributed by atoms with Crippen LogP contribution in [0.4, 0.5) is 5.69 Å². The van der Waals surface area contributed by atoms with Crippen molar-refractivity contribution in [3.8, 4) is 0 Å². The Hall–Kier alpha value is -1.53. The van der Waals surface area contributed by atoms with Gasteiger partial charge in [-0.2, -0.15) is 0 Å². The predicted octanol–water partition coefficient (Wildman–Crippen LogP) is 1.18. The molecule has 0 bridgehead atoms. The number of anilines is 1. The molecule has 1 aliphatic heterocycles. The van der Waals surface area contributed by atoms with E-state index < -0.39 is 0 Å². The second-order valence-electron chi connectivity index (χ2n) is 5.09. The molecule has 1 saturated carbocycles. The molecule has 6 heteroatoms. The summed E-state index contributed by atoms with van der Waals surface area (Å²) in [6.07, 6.45) is 2.15. The van der Waals surface area contributed by atoms with Crippen LogP contribution in [0.2, 0.25) is 0 Å². The summed E-state index contributed by atoms with van der Waals surface area (Å²) in [6, 6.07) is 7.24. The van der Waals surface area contributed by atoms with E-state index in [1.54, 1.807) is 36.0 Å². The van der Waals surface area contributed by atoms with Crippen LogP contribution in [0.25, 0.3) is 0 Å². The second-order valence-corrected chi connectivity index (χ2v) is 6.12. The third-order valence-electron chi connectivity index (χ3n) is 3.36. The highest BCUT2D eigenvalue weighted by Crippen LogP contribution is 2.20. The largest absolute Gasteiger partial charge is 0.349 e. The van der Waals surface area contributed by atoms with Gasteiger partial charge in [-0.15, -0.1) is 11.8 Å². The molecule has 1 aromatic carbocycles. The molecule has 1 unspecified atom stereocenters. The molecule has 3 rings (SSSR count). The third kappa shape index (κ3) is 3.32. The molecule has 0 spiro atoms. The van der Waals surface area contributed by atoms with Gasteiger partial charge in [0.15, 0.2) is 0 Å². The molecule has 0 radical (unpaired) electrons. The van der Waals surface area contributed by atoms with Crippen molar-refractivity contribution in [1.29, 1.82) is 0 Å². The molecular weight excluding hydrogens is 274 g/mol. The Morgan fingerprint density at radius 2 is 1.95 bits per heavy atom. The molecule has 3 N–H and O–H groups in total. The fraction of sp³-hybridized carbons (Fsp3) is 0.429. The highest BCUT2D eigenvalue weighted by Gasteiger charge is 2.24. The zero-order valence-electron chi connectivity index (χ0n) is 11.0. The van der Waals surface area contributed by atoms with Crippen LogP contribution in [0, 0.1) is 0 Å². The Morgan fingerprint density at radius 3 is 2.55 bits per heavy atom. The van der Waals surface area contributed by atoms with Gasteiger partial charge in [-0.25, -0.2) is 0 Å².